The molecule has 6 amide bonds. The number of nitrogens with one attached hydrogen (secondary N) is 2. The number of carbonyl (C=O) groups excluding carboxylic acids is 6. The van der Waals surface area contributed by atoms with Gasteiger partial charge in [0.05, 0.1) is 24.1 Å². The molecule has 4 aromatic rings. The largest absolute Gasteiger partial charge is 0.399 e. The second-order valence-electron chi connectivity index (χ2n) is 19.4. The molecular formula is C51H56F2N5O11PS. The predicted molar refractivity (Wildman–Crippen MR) is 258 cm³/mol. The summed E-state index contributed by atoms with van der Waals surface area (Å²) in [6.45, 7) is 6.88. The van der Waals surface area contributed by atoms with Crippen LogP contribution in [0.1, 0.15) is 114 Å². The molecule has 376 valence electrons. The van der Waals surface area contributed by atoms with Gasteiger partial charge in [0.2, 0.25) is 23.6 Å². The number of hydrogen-bond donors (Lipinski definition) is 4. The lowest BCUT2D eigenvalue weighted by molar-refractivity contribution is -0.150. The summed E-state index contributed by atoms with van der Waals surface area (Å²) in [5, 5.41) is 5.34. The van der Waals surface area contributed by atoms with Crippen LogP contribution in [0.2, 0.25) is 0 Å². The highest BCUT2D eigenvalue weighted by molar-refractivity contribution is 7.52. The van der Waals surface area contributed by atoms with E-state index in [1.165, 1.54) is 21.9 Å². The minimum Gasteiger partial charge on any atom is -0.376 e. The fourth-order valence-corrected chi connectivity index (χ4v) is 10.9. The number of morpholine rings is 1. The van der Waals surface area contributed by atoms with Crippen LogP contribution in [-0.2, 0) is 45.4 Å². The second-order valence-corrected chi connectivity index (χ2v) is 22.1. The van der Waals surface area contributed by atoms with Crippen molar-refractivity contribution in [1.29, 1.82) is 0 Å². The van der Waals surface area contributed by atoms with Crippen LogP contribution in [0.25, 0.3) is 10.1 Å². The van der Waals surface area contributed by atoms with Gasteiger partial charge in [-0.2, -0.15) is 8.78 Å². The molecule has 20 heteroatoms. The van der Waals surface area contributed by atoms with Gasteiger partial charge in [-0.05, 0) is 71.5 Å². The average Bonchev–Trinajstić information content (AvgIpc) is 4.06. The molecule has 71 heavy (non-hydrogen) atoms. The third-order valence-corrected chi connectivity index (χ3v) is 15.4. The summed E-state index contributed by atoms with van der Waals surface area (Å²) >= 11 is 0.969. The SMILES string of the molecule is CC(C)(C)[C@H](NC(=O)c1cc2cc(C(F)(F)P(=O)(O)O)ccc2s1)C(=O)N1C[C@@H](OCCCCCC#Cc2cccc3c2CN(C2CCC(=O)NC2=O)C3=O)C[C@H]1C(=O)N1CCO[C@H](c2ccccc2)C1. The molecular weight excluding hydrogens is 960 g/mol. The number of likely N-dealkylation sites (tertiary alicyclic amines) is 1. The van der Waals surface area contributed by atoms with Gasteiger partial charge in [0.25, 0.3) is 11.8 Å². The molecule has 3 fully saturated rings. The number of imide groups is 1. The van der Waals surface area contributed by atoms with Crippen molar-refractivity contribution in [3.8, 4) is 11.8 Å². The summed E-state index contributed by atoms with van der Waals surface area (Å²) in [7, 11) is -5.84. The van der Waals surface area contributed by atoms with E-state index in [0.29, 0.717) is 48.4 Å². The van der Waals surface area contributed by atoms with E-state index >= 15 is 0 Å². The fraction of sp³-hybridized carbons (Fsp3) is 0.451. The molecule has 0 aliphatic carbocycles. The molecule has 1 aromatic heterocycles. The molecule has 3 aromatic carbocycles. The predicted octanol–water partition coefficient (Wildman–Crippen LogP) is 6.23. The first-order valence-corrected chi connectivity index (χ1v) is 26.1. The van der Waals surface area contributed by atoms with Gasteiger partial charge in [0.1, 0.15) is 24.2 Å². The summed E-state index contributed by atoms with van der Waals surface area (Å²) in [4.78, 5) is 104. The van der Waals surface area contributed by atoms with E-state index in [9.17, 15) is 51.9 Å². The molecule has 0 bridgehead atoms. The van der Waals surface area contributed by atoms with E-state index < -0.39 is 66.2 Å². The Morgan fingerprint density at radius 3 is 2.51 bits per heavy atom. The van der Waals surface area contributed by atoms with Crippen LogP contribution in [0.3, 0.4) is 0 Å². The first-order valence-electron chi connectivity index (χ1n) is 23.6. The van der Waals surface area contributed by atoms with Crippen LogP contribution in [0.5, 0.6) is 0 Å². The Hall–Kier alpha value is -5.87. The summed E-state index contributed by atoms with van der Waals surface area (Å²) in [5.74, 6) is 3.91. The van der Waals surface area contributed by atoms with Crippen LogP contribution in [-0.4, -0.2) is 117 Å². The number of amides is 6. The van der Waals surface area contributed by atoms with Crippen molar-refractivity contribution in [2.45, 2.75) is 108 Å². The van der Waals surface area contributed by atoms with Crippen LogP contribution in [0.4, 0.5) is 8.78 Å². The highest BCUT2D eigenvalue weighted by Crippen LogP contribution is 2.59. The second kappa shape index (κ2) is 21.1. The Balaban J connectivity index is 0.912. The molecule has 0 spiro atoms. The zero-order valence-electron chi connectivity index (χ0n) is 39.5. The fourth-order valence-electron chi connectivity index (χ4n) is 9.46. The lowest BCUT2D eigenvalue weighted by Gasteiger charge is -2.38. The molecule has 4 aliphatic rings. The summed E-state index contributed by atoms with van der Waals surface area (Å²) in [6.07, 6.45) is 2.59. The Morgan fingerprint density at radius 1 is 1.00 bits per heavy atom. The van der Waals surface area contributed by atoms with Gasteiger partial charge < -0.3 is 39.3 Å². The summed E-state index contributed by atoms with van der Waals surface area (Å²) in [6, 6.07) is 16.5. The Bertz CT molecular complexity index is 2840. The van der Waals surface area contributed by atoms with Crippen molar-refractivity contribution in [2.75, 3.05) is 32.8 Å². The van der Waals surface area contributed by atoms with Gasteiger partial charge in [-0.25, -0.2) is 0 Å². The smallest absolute Gasteiger partial charge is 0.376 e. The number of rotatable bonds is 14. The van der Waals surface area contributed by atoms with Crippen molar-refractivity contribution in [2.24, 2.45) is 5.41 Å². The number of benzene rings is 3. The molecule has 1 unspecified atom stereocenters. The highest BCUT2D eigenvalue weighted by atomic mass is 32.1. The van der Waals surface area contributed by atoms with Crippen molar-refractivity contribution in [3.63, 3.8) is 0 Å². The first-order chi connectivity index (χ1) is 33.7. The number of carbonyl (C=O) groups is 6. The molecule has 0 saturated carbocycles. The molecule has 5 atom stereocenters. The molecule has 4 N–H and O–H groups in total. The van der Waals surface area contributed by atoms with Gasteiger partial charge >= 0.3 is 13.3 Å². The standard InChI is InChI=1S/C51H56F2N5O11PS/c1-50(2,3)44(55-46(61)42-26-33-25-34(18-20-41(33)71-42)51(52,53)70(65,66)67)49(64)57-28-35(27-39(57)48(63)56-22-24-69-40(30-56)32-14-9-7-10-15-32)68-23-11-6-4-5-8-13-31-16-12-17-36-37(31)29-58(47(36)62)38-19-21-43(59)54-45(38)60/h7,9-10,12,14-18,20,25-26,35,38-40,44H,4-6,11,19,21-24,27-30H2,1-3H3,(H,55,61)(H,54,59,60)(H2,65,66,67)/t35-,38?,39-,40-,44+/m0/s1. The lowest BCUT2D eigenvalue weighted by atomic mass is 9.85. The van der Waals surface area contributed by atoms with Gasteiger partial charge in [0, 0.05) is 66.9 Å². The number of ether oxygens (including phenoxy) is 2. The Labute approximate surface area is 413 Å². The molecule has 4 aliphatic heterocycles. The van der Waals surface area contributed by atoms with Crippen molar-refractivity contribution in [3.05, 3.63) is 105 Å². The molecule has 8 rings (SSSR count). The average molecular weight is 1020 g/mol. The number of thiophene rings is 1. The minimum absolute atomic E-state index is 0.0821. The van der Waals surface area contributed by atoms with Gasteiger partial charge in [-0.3, -0.25) is 38.6 Å². The van der Waals surface area contributed by atoms with Gasteiger partial charge in [-0.1, -0.05) is 81.5 Å². The van der Waals surface area contributed by atoms with Gasteiger partial charge in [-0.15, -0.1) is 11.3 Å². The zero-order valence-corrected chi connectivity index (χ0v) is 41.2. The van der Waals surface area contributed by atoms with Crippen molar-refractivity contribution in [1.82, 2.24) is 25.3 Å². The van der Waals surface area contributed by atoms with Crippen molar-refractivity contribution >= 4 is 64.5 Å². The van der Waals surface area contributed by atoms with Crippen LogP contribution < -0.4 is 10.6 Å². The van der Waals surface area contributed by atoms with Crippen LogP contribution in [0, 0.1) is 17.3 Å². The van der Waals surface area contributed by atoms with E-state index in [2.05, 4.69) is 22.5 Å². The Kier molecular flexibility index (Phi) is 15.3. The molecule has 3 saturated heterocycles. The topological polar surface area (TPSA) is 212 Å². The maximum absolute atomic E-state index is 14.8. The zero-order chi connectivity index (χ0) is 50.8. The molecule has 5 heterocycles. The summed E-state index contributed by atoms with van der Waals surface area (Å²) < 4.78 is 53.5. The normalized spacial score (nSPS) is 21.2. The van der Waals surface area contributed by atoms with Gasteiger partial charge in [0.15, 0.2) is 0 Å². The van der Waals surface area contributed by atoms with E-state index in [4.69, 9.17) is 9.47 Å². The van der Waals surface area contributed by atoms with Crippen LogP contribution in [0.15, 0.2) is 72.8 Å². The quantitative estimate of drug-likeness (QED) is 0.0481. The van der Waals surface area contributed by atoms with Crippen LogP contribution >= 0.6 is 18.9 Å². The number of nitrogens with zero attached hydrogens (tertiary/aromatic N) is 3. The van der Waals surface area contributed by atoms with E-state index in [-0.39, 0.29) is 73.0 Å². The van der Waals surface area contributed by atoms with E-state index in [1.807, 2.05) is 36.4 Å². The molecule has 16 nitrogen and oxygen atoms in total. The third kappa shape index (κ3) is 11.3. The van der Waals surface area contributed by atoms with E-state index in [1.54, 1.807) is 37.8 Å². The number of alkyl halides is 2. The monoisotopic (exact) mass is 1020 g/mol. The Morgan fingerprint density at radius 2 is 1.77 bits per heavy atom. The maximum atomic E-state index is 14.8. The minimum atomic E-state index is -5.84. The van der Waals surface area contributed by atoms with E-state index in [0.717, 1.165) is 47.4 Å². The van der Waals surface area contributed by atoms with Crippen molar-refractivity contribution < 1.29 is 61.4 Å². The number of hydrogen-bond acceptors (Lipinski definition) is 10. The summed E-state index contributed by atoms with van der Waals surface area (Å²) in [5.41, 5.74) is -3.32. The maximum Gasteiger partial charge on any atom is 0.399 e. The lowest BCUT2D eigenvalue weighted by Crippen LogP contribution is -2.58. The number of fused-ring (bicyclic) bond motifs is 2. The number of unbranched alkanes of at least 4 members (excludes halogenated alkanes) is 3. The first kappa shape index (κ1) is 51.5. The number of piperidine rings is 1. The third-order valence-electron chi connectivity index (χ3n) is 13.3. The molecule has 0 radical (unpaired) electrons. The highest BCUT2D eigenvalue weighted by Gasteiger charge is 2.51. The number of halogens is 2.